The van der Waals surface area contributed by atoms with E-state index in [9.17, 15) is 4.21 Å². The van der Waals surface area contributed by atoms with E-state index in [0.717, 1.165) is 37.6 Å². The van der Waals surface area contributed by atoms with Gasteiger partial charge in [0.2, 0.25) is 0 Å². The van der Waals surface area contributed by atoms with Gasteiger partial charge in [0, 0.05) is 41.4 Å². The third-order valence-electron chi connectivity index (χ3n) is 3.14. The first kappa shape index (κ1) is 13.1. The second kappa shape index (κ2) is 5.41. The molecule has 1 aliphatic rings. The molecule has 15 heavy (non-hydrogen) atoms. The van der Waals surface area contributed by atoms with Gasteiger partial charge in [-0.15, -0.1) is 0 Å². The van der Waals surface area contributed by atoms with E-state index in [4.69, 9.17) is 5.73 Å². The molecule has 1 saturated heterocycles. The highest BCUT2D eigenvalue weighted by Crippen LogP contribution is 2.20. The predicted molar refractivity (Wildman–Crippen MR) is 66.4 cm³/mol. The van der Waals surface area contributed by atoms with Crippen LogP contribution >= 0.6 is 0 Å². The summed E-state index contributed by atoms with van der Waals surface area (Å²) in [6, 6.07) is 0.255. The average Bonchev–Trinajstić information content (AvgIpc) is 2.15. The second-order valence-corrected chi connectivity index (χ2v) is 7.15. The summed E-state index contributed by atoms with van der Waals surface area (Å²) < 4.78 is 11.2. The second-order valence-electron chi connectivity index (χ2n) is 5.45. The average molecular weight is 232 g/mol. The van der Waals surface area contributed by atoms with Crippen LogP contribution in [0.4, 0.5) is 0 Å². The van der Waals surface area contributed by atoms with E-state index in [-0.39, 0.29) is 11.5 Å². The van der Waals surface area contributed by atoms with Crippen LogP contribution < -0.4 is 5.73 Å². The van der Waals surface area contributed by atoms with E-state index in [1.807, 2.05) is 0 Å². The molecule has 0 aliphatic carbocycles. The van der Waals surface area contributed by atoms with Crippen LogP contribution in [0.5, 0.6) is 0 Å². The highest BCUT2D eigenvalue weighted by molar-refractivity contribution is 7.85. The molecule has 3 nitrogen and oxygen atoms in total. The van der Waals surface area contributed by atoms with Crippen LogP contribution in [-0.2, 0) is 10.8 Å². The van der Waals surface area contributed by atoms with Crippen LogP contribution in [-0.4, -0.2) is 46.3 Å². The monoisotopic (exact) mass is 232 g/mol. The Hall–Kier alpha value is 0.0700. The molecule has 0 aromatic rings. The summed E-state index contributed by atoms with van der Waals surface area (Å²) in [4.78, 5) is 2.38. The summed E-state index contributed by atoms with van der Waals surface area (Å²) in [5.41, 5.74) is 6.30. The van der Waals surface area contributed by atoms with E-state index >= 15 is 0 Å². The summed E-state index contributed by atoms with van der Waals surface area (Å²) in [6.45, 7) is 9.55. The fourth-order valence-electron chi connectivity index (χ4n) is 1.65. The maximum absolute atomic E-state index is 11.2. The third kappa shape index (κ3) is 4.62. The SMILES string of the molecule is CC(C)(C)C(N)CCN1CCS(=O)CC1. The van der Waals surface area contributed by atoms with Crippen molar-refractivity contribution in [3.05, 3.63) is 0 Å². The van der Waals surface area contributed by atoms with Crippen molar-refractivity contribution < 1.29 is 4.21 Å². The van der Waals surface area contributed by atoms with Crippen LogP contribution in [0.3, 0.4) is 0 Å². The number of nitrogens with two attached hydrogens (primary N) is 1. The van der Waals surface area contributed by atoms with Crippen molar-refractivity contribution in [2.24, 2.45) is 11.1 Å². The Morgan fingerprint density at radius 1 is 1.33 bits per heavy atom. The summed E-state index contributed by atoms with van der Waals surface area (Å²) in [7, 11) is -0.565. The van der Waals surface area contributed by atoms with E-state index in [1.54, 1.807) is 0 Å². The van der Waals surface area contributed by atoms with Gasteiger partial charge in [0.25, 0.3) is 0 Å². The Morgan fingerprint density at radius 2 is 1.87 bits per heavy atom. The first-order valence-corrected chi connectivity index (χ1v) is 7.21. The smallest absolute Gasteiger partial charge is 0.0363 e. The Labute approximate surface area is 95.9 Å². The van der Waals surface area contributed by atoms with Crippen molar-refractivity contribution in [3.8, 4) is 0 Å². The predicted octanol–water partition coefficient (Wildman–Crippen LogP) is 0.814. The lowest BCUT2D eigenvalue weighted by Crippen LogP contribution is -2.42. The minimum absolute atomic E-state index is 0.193. The lowest BCUT2D eigenvalue weighted by molar-refractivity contribution is 0.240. The molecule has 0 bridgehead atoms. The van der Waals surface area contributed by atoms with Gasteiger partial charge >= 0.3 is 0 Å². The van der Waals surface area contributed by atoms with Crippen molar-refractivity contribution in [3.63, 3.8) is 0 Å². The fourth-order valence-corrected chi connectivity index (χ4v) is 2.78. The van der Waals surface area contributed by atoms with Crippen LogP contribution in [0, 0.1) is 5.41 Å². The first-order valence-electron chi connectivity index (χ1n) is 5.72. The molecular formula is C11H24N2OS. The molecule has 0 aromatic heterocycles. The Balaban J connectivity index is 2.23. The lowest BCUT2D eigenvalue weighted by atomic mass is 9.85. The van der Waals surface area contributed by atoms with Gasteiger partial charge in [-0.05, 0) is 18.4 Å². The van der Waals surface area contributed by atoms with Gasteiger partial charge in [0.05, 0.1) is 0 Å². The number of nitrogens with zero attached hydrogens (tertiary/aromatic N) is 1. The summed E-state index contributed by atoms with van der Waals surface area (Å²) >= 11 is 0. The molecular weight excluding hydrogens is 208 g/mol. The number of rotatable bonds is 3. The fraction of sp³-hybridized carbons (Fsp3) is 1.00. The largest absolute Gasteiger partial charge is 0.327 e. The van der Waals surface area contributed by atoms with Crippen molar-refractivity contribution in [1.82, 2.24) is 4.90 Å². The Morgan fingerprint density at radius 3 is 2.33 bits per heavy atom. The summed E-state index contributed by atoms with van der Waals surface area (Å²) in [5.74, 6) is 1.68. The first-order chi connectivity index (χ1) is 6.89. The van der Waals surface area contributed by atoms with Gasteiger partial charge in [-0.3, -0.25) is 4.21 Å². The zero-order valence-electron chi connectivity index (χ0n) is 10.2. The van der Waals surface area contributed by atoms with Crippen molar-refractivity contribution >= 4 is 10.8 Å². The summed E-state index contributed by atoms with van der Waals surface area (Å²) in [6.07, 6.45) is 1.04. The zero-order valence-corrected chi connectivity index (χ0v) is 11.0. The van der Waals surface area contributed by atoms with E-state index in [0.29, 0.717) is 0 Å². The van der Waals surface area contributed by atoms with Crippen molar-refractivity contribution in [2.75, 3.05) is 31.1 Å². The Kier molecular flexibility index (Phi) is 4.74. The van der Waals surface area contributed by atoms with Crippen LogP contribution in [0.1, 0.15) is 27.2 Å². The maximum Gasteiger partial charge on any atom is 0.0363 e. The van der Waals surface area contributed by atoms with Crippen molar-refractivity contribution in [1.29, 1.82) is 0 Å². The molecule has 0 spiro atoms. The molecule has 0 aromatic carbocycles. The molecule has 0 saturated carbocycles. The third-order valence-corrected chi connectivity index (χ3v) is 4.41. The lowest BCUT2D eigenvalue weighted by Gasteiger charge is -2.31. The molecule has 0 radical (unpaired) electrons. The van der Waals surface area contributed by atoms with Crippen LogP contribution in [0.25, 0.3) is 0 Å². The van der Waals surface area contributed by atoms with E-state index < -0.39 is 10.8 Å². The van der Waals surface area contributed by atoms with Gasteiger partial charge in [-0.1, -0.05) is 20.8 Å². The quantitative estimate of drug-likeness (QED) is 0.783. The molecule has 0 amide bonds. The Bertz CT molecular complexity index is 215. The molecule has 1 aliphatic heterocycles. The topological polar surface area (TPSA) is 46.3 Å². The molecule has 2 N–H and O–H groups in total. The molecule has 1 unspecified atom stereocenters. The molecule has 1 atom stereocenters. The maximum atomic E-state index is 11.2. The van der Waals surface area contributed by atoms with Gasteiger partial charge in [0.1, 0.15) is 0 Å². The molecule has 1 rings (SSSR count). The standard InChI is InChI=1S/C11H24N2OS/c1-11(2,3)10(12)4-5-13-6-8-15(14)9-7-13/h10H,4-9,12H2,1-3H3. The molecule has 90 valence electrons. The minimum atomic E-state index is -0.565. The highest BCUT2D eigenvalue weighted by Gasteiger charge is 2.22. The molecule has 1 fully saturated rings. The molecule has 4 heteroatoms. The highest BCUT2D eigenvalue weighted by atomic mass is 32.2. The van der Waals surface area contributed by atoms with E-state index in [2.05, 4.69) is 25.7 Å². The van der Waals surface area contributed by atoms with Gasteiger partial charge in [-0.25, -0.2) is 0 Å². The minimum Gasteiger partial charge on any atom is -0.327 e. The van der Waals surface area contributed by atoms with Crippen LogP contribution in [0.2, 0.25) is 0 Å². The number of hydrogen-bond acceptors (Lipinski definition) is 3. The summed E-state index contributed by atoms with van der Waals surface area (Å²) in [5, 5.41) is 0. The normalized spacial score (nSPS) is 22.9. The van der Waals surface area contributed by atoms with Crippen LogP contribution in [0.15, 0.2) is 0 Å². The van der Waals surface area contributed by atoms with Gasteiger partial charge in [-0.2, -0.15) is 0 Å². The van der Waals surface area contributed by atoms with E-state index in [1.165, 1.54) is 0 Å². The van der Waals surface area contributed by atoms with Gasteiger partial charge < -0.3 is 10.6 Å². The van der Waals surface area contributed by atoms with Crippen molar-refractivity contribution in [2.45, 2.75) is 33.2 Å². The van der Waals surface area contributed by atoms with Gasteiger partial charge in [0.15, 0.2) is 0 Å². The zero-order chi connectivity index (χ0) is 11.5. The number of hydrogen-bond donors (Lipinski definition) is 1. The molecule has 1 heterocycles.